The van der Waals surface area contributed by atoms with E-state index in [1.165, 1.54) is 6.92 Å². The van der Waals surface area contributed by atoms with Crippen LogP contribution >= 0.6 is 0 Å². The summed E-state index contributed by atoms with van der Waals surface area (Å²) in [6.07, 6.45) is 1.30. The third-order valence-corrected chi connectivity index (χ3v) is 3.38. The molecule has 106 valence electrons. The molecule has 20 heavy (non-hydrogen) atoms. The fourth-order valence-electron chi connectivity index (χ4n) is 2.03. The second-order valence-electron chi connectivity index (χ2n) is 4.92. The Labute approximate surface area is 116 Å². The van der Waals surface area contributed by atoms with Crippen molar-refractivity contribution in [2.75, 3.05) is 11.9 Å². The number of carboxylic acid groups (broad SMARTS) is 1. The lowest BCUT2D eigenvalue weighted by molar-refractivity contribution is -0.140. The molecule has 0 radical (unpaired) electrons. The highest BCUT2D eigenvalue weighted by atomic mass is 16.4. The minimum absolute atomic E-state index is 0.0872. The SMILES string of the molecule is CC(=O)NCC(=O)Nc1ccc(C2(C(=O)O)CC2)cc1. The van der Waals surface area contributed by atoms with Crippen molar-refractivity contribution in [1.82, 2.24) is 5.32 Å². The highest BCUT2D eigenvalue weighted by molar-refractivity contribution is 5.94. The number of amides is 2. The number of benzene rings is 1. The van der Waals surface area contributed by atoms with Crippen LogP contribution in [-0.2, 0) is 19.8 Å². The predicted molar refractivity (Wildman–Crippen MR) is 72.3 cm³/mol. The van der Waals surface area contributed by atoms with Crippen molar-refractivity contribution >= 4 is 23.5 Å². The molecule has 0 unspecified atom stereocenters. The number of hydrogen-bond donors (Lipinski definition) is 3. The molecule has 0 saturated heterocycles. The molecule has 6 heteroatoms. The zero-order chi connectivity index (χ0) is 14.8. The van der Waals surface area contributed by atoms with Gasteiger partial charge in [-0.2, -0.15) is 0 Å². The number of rotatable bonds is 5. The molecule has 1 aliphatic carbocycles. The van der Waals surface area contributed by atoms with Crippen molar-refractivity contribution in [2.45, 2.75) is 25.2 Å². The minimum Gasteiger partial charge on any atom is -0.481 e. The lowest BCUT2D eigenvalue weighted by Gasteiger charge is -2.11. The monoisotopic (exact) mass is 276 g/mol. The summed E-state index contributed by atoms with van der Waals surface area (Å²) in [6.45, 7) is 1.25. The second kappa shape index (κ2) is 5.32. The first-order valence-corrected chi connectivity index (χ1v) is 6.32. The third kappa shape index (κ3) is 2.96. The van der Waals surface area contributed by atoms with Crippen LogP contribution in [0.15, 0.2) is 24.3 Å². The van der Waals surface area contributed by atoms with Gasteiger partial charge in [-0.25, -0.2) is 0 Å². The summed E-state index contributed by atoms with van der Waals surface area (Å²) in [5.74, 6) is -1.40. The number of anilines is 1. The van der Waals surface area contributed by atoms with Gasteiger partial charge in [-0.1, -0.05) is 12.1 Å². The van der Waals surface area contributed by atoms with Crippen LogP contribution in [0.4, 0.5) is 5.69 Å². The summed E-state index contributed by atoms with van der Waals surface area (Å²) in [5, 5.41) is 14.2. The van der Waals surface area contributed by atoms with E-state index >= 15 is 0 Å². The van der Waals surface area contributed by atoms with Gasteiger partial charge in [-0.05, 0) is 30.5 Å². The quantitative estimate of drug-likeness (QED) is 0.743. The van der Waals surface area contributed by atoms with Gasteiger partial charge in [0.05, 0.1) is 12.0 Å². The number of hydrogen-bond acceptors (Lipinski definition) is 3. The maximum absolute atomic E-state index is 11.5. The zero-order valence-corrected chi connectivity index (χ0v) is 11.1. The molecule has 0 aliphatic heterocycles. The van der Waals surface area contributed by atoms with Gasteiger partial charge < -0.3 is 15.7 Å². The summed E-state index contributed by atoms with van der Waals surface area (Å²) in [7, 11) is 0. The molecule has 0 aromatic heterocycles. The Morgan fingerprint density at radius 1 is 1.20 bits per heavy atom. The second-order valence-corrected chi connectivity index (χ2v) is 4.92. The van der Waals surface area contributed by atoms with Gasteiger partial charge in [-0.15, -0.1) is 0 Å². The standard InChI is InChI=1S/C14H16N2O4/c1-9(17)15-8-12(18)16-11-4-2-10(3-5-11)14(6-7-14)13(19)20/h2-5H,6-8H2,1H3,(H,15,17)(H,16,18)(H,19,20). The molecule has 1 aromatic rings. The average Bonchev–Trinajstić information content (AvgIpc) is 3.19. The largest absolute Gasteiger partial charge is 0.481 e. The van der Waals surface area contributed by atoms with Crippen LogP contribution in [-0.4, -0.2) is 29.4 Å². The number of carbonyl (C=O) groups excluding carboxylic acids is 2. The van der Waals surface area contributed by atoms with E-state index in [0.717, 1.165) is 5.56 Å². The molecule has 0 atom stereocenters. The minimum atomic E-state index is -0.806. The van der Waals surface area contributed by atoms with E-state index in [1.807, 2.05) is 0 Å². The molecule has 1 saturated carbocycles. The molecule has 0 bridgehead atoms. The average molecular weight is 276 g/mol. The highest BCUT2D eigenvalue weighted by Crippen LogP contribution is 2.48. The predicted octanol–water partition coefficient (Wildman–Crippen LogP) is 0.877. The van der Waals surface area contributed by atoms with Crippen molar-refractivity contribution in [3.63, 3.8) is 0 Å². The van der Waals surface area contributed by atoms with Crippen molar-refractivity contribution in [3.05, 3.63) is 29.8 Å². The summed E-state index contributed by atoms with van der Waals surface area (Å²) in [6, 6.07) is 6.78. The number of carboxylic acids is 1. The molecule has 1 aromatic carbocycles. The van der Waals surface area contributed by atoms with Crippen molar-refractivity contribution < 1.29 is 19.5 Å². The van der Waals surface area contributed by atoms with Gasteiger partial charge in [0.25, 0.3) is 0 Å². The molecule has 2 rings (SSSR count). The summed E-state index contributed by atoms with van der Waals surface area (Å²) < 4.78 is 0. The van der Waals surface area contributed by atoms with E-state index in [4.69, 9.17) is 0 Å². The molecular weight excluding hydrogens is 260 g/mol. The van der Waals surface area contributed by atoms with Crippen molar-refractivity contribution in [1.29, 1.82) is 0 Å². The highest BCUT2D eigenvalue weighted by Gasteiger charge is 2.51. The van der Waals surface area contributed by atoms with Crippen LogP contribution < -0.4 is 10.6 Å². The van der Waals surface area contributed by atoms with Gasteiger partial charge in [0, 0.05) is 12.6 Å². The van der Waals surface area contributed by atoms with Crippen LogP contribution in [0.3, 0.4) is 0 Å². The zero-order valence-electron chi connectivity index (χ0n) is 11.1. The Hall–Kier alpha value is -2.37. The normalized spacial score (nSPS) is 15.2. The Balaban J connectivity index is 1.97. The smallest absolute Gasteiger partial charge is 0.314 e. The van der Waals surface area contributed by atoms with Gasteiger partial charge in [0.1, 0.15) is 0 Å². The summed E-state index contributed by atoms with van der Waals surface area (Å²) in [4.78, 5) is 33.4. The molecule has 1 aliphatic rings. The maximum Gasteiger partial charge on any atom is 0.314 e. The van der Waals surface area contributed by atoms with Crippen LogP contribution in [0.5, 0.6) is 0 Å². The van der Waals surface area contributed by atoms with Gasteiger partial charge >= 0.3 is 5.97 Å². The van der Waals surface area contributed by atoms with Crippen LogP contribution in [0.1, 0.15) is 25.3 Å². The van der Waals surface area contributed by atoms with E-state index < -0.39 is 11.4 Å². The van der Waals surface area contributed by atoms with Gasteiger partial charge in [0.2, 0.25) is 11.8 Å². The summed E-state index contributed by atoms with van der Waals surface area (Å²) >= 11 is 0. The topological polar surface area (TPSA) is 95.5 Å². The molecule has 0 heterocycles. The van der Waals surface area contributed by atoms with E-state index in [0.29, 0.717) is 18.5 Å². The van der Waals surface area contributed by atoms with Crippen LogP contribution in [0.2, 0.25) is 0 Å². The molecule has 6 nitrogen and oxygen atoms in total. The van der Waals surface area contributed by atoms with Crippen molar-refractivity contribution in [2.24, 2.45) is 0 Å². The van der Waals surface area contributed by atoms with Gasteiger partial charge in [-0.3, -0.25) is 14.4 Å². The Morgan fingerprint density at radius 2 is 1.80 bits per heavy atom. The summed E-state index contributed by atoms with van der Waals surface area (Å²) in [5.41, 5.74) is 0.591. The third-order valence-electron chi connectivity index (χ3n) is 3.38. The Kier molecular flexibility index (Phi) is 3.74. The maximum atomic E-state index is 11.5. The first-order valence-electron chi connectivity index (χ1n) is 6.32. The van der Waals surface area contributed by atoms with Crippen LogP contribution in [0, 0.1) is 0 Å². The first-order chi connectivity index (χ1) is 9.44. The fourth-order valence-corrected chi connectivity index (χ4v) is 2.03. The molecule has 1 fully saturated rings. The van der Waals surface area contributed by atoms with E-state index in [2.05, 4.69) is 10.6 Å². The van der Waals surface area contributed by atoms with Crippen molar-refractivity contribution in [3.8, 4) is 0 Å². The van der Waals surface area contributed by atoms with E-state index in [9.17, 15) is 19.5 Å². The first kappa shape index (κ1) is 14.0. The van der Waals surface area contributed by atoms with E-state index in [1.54, 1.807) is 24.3 Å². The number of carbonyl (C=O) groups is 3. The molecular formula is C14H16N2O4. The lowest BCUT2D eigenvalue weighted by atomic mass is 9.96. The molecule has 3 N–H and O–H groups in total. The number of nitrogens with one attached hydrogen (secondary N) is 2. The lowest BCUT2D eigenvalue weighted by Crippen LogP contribution is -2.31. The molecule has 2 amide bonds. The Bertz CT molecular complexity index is 547. The molecule has 0 spiro atoms. The Morgan fingerprint density at radius 3 is 2.25 bits per heavy atom. The van der Waals surface area contributed by atoms with Crippen LogP contribution in [0.25, 0.3) is 0 Å². The fraction of sp³-hybridized carbons (Fsp3) is 0.357. The number of aliphatic carboxylic acids is 1. The van der Waals surface area contributed by atoms with E-state index in [-0.39, 0.29) is 18.4 Å². The van der Waals surface area contributed by atoms with Gasteiger partial charge in [0.15, 0.2) is 0 Å².